The molecule has 0 atom stereocenters. The summed E-state index contributed by atoms with van der Waals surface area (Å²) < 4.78 is 61.3. The number of rotatable bonds is 10. The van der Waals surface area contributed by atoms with Gasteiger partial charge in [0.05, 0.1) is 19.2 Å². The van der Waals surface area contributed by atoms with Crippen LogP contribution in [0.3, 0.4) is 0 Å². The van der Waals surface area contributed by atoms with Crippen LogP contribution >= 0.6 is 11.6 Å². The van der Waals surface area contributed by atoms with Gasteiger partial charge in [-0.2, -0.15) is 8.78 Å². The molecule has 1 fully saturated rings. The Hall–Kier alpha value is -3.38. The molecule has 8 nitrogen and oxygen atoms in total. The third-order valence-corrected chi connectivity index (χ3v) is 6.12. The summed E-state index contributed by atoms with van der Waals surface area (Å²) in [6, 6.07) is 12.0. The topological polar surface area (TPSA) is 88.2 Å². The van der Waals surface area contributed by atoms with Gasteiger partial charge < -0.3 is 19.7 Å². The maximum Gasteiger partial charge on any atom is 0.383 e. The first-order valence-corrected chi connectivity index (χ1v) is 11.9. The molecule has 1 aliphatic heterocycles. The quantitative estimate of drug-likeness (QED) is 0.355. The van der Waals surface area contributed by atoms with E-state index in [0.717, 1.165) is 11.1 Å². The van der Waals surface area contributed by atoms with Crippen LogP contribution in [0.4, 0.5) is 17.6 Å². The zero-order chi connectivity index (χ0) is 27.9. The molecule has 0 radical (unpaired) electrons. The molecule has 3 rings (SSSR count). The number of halogens is 5. The Labute approximate surface area is 221 Å². The van der Waals surface area contributed by atoms with Crippen molar-refractivity contribution in [3.05, 3.63) is 64.2 Å². The predicted octanol–water partition coefficient (Wildman–Crippen LogP) is 3.37. The lowest BCUT2D eigenvalue weighted by Crippen LogP contribution is -2.53. The van der Waals surface area contributed by atoms with E-state index < -0.39 is 36.7 Å². The van der Waals surface area contributed by atoms with Crippen LogP contribution in [-0.4, -0.2) is 79.8 Å². The van der Waals surface area contributed by atoms with Crippen molar-refractivity contribution in [2.24, 2.45) is 0 Å². The molecule has 1 aliphatic rings. The van der Waals surface area contributed by atoms with Gasteiger partial charge in [0.2, 0.25) is 5.91 Å². The molecule has 1 saturated heterocycles. The molecule has 38 heavy (non-hydrogen) atoms. The molecular weight excluding hydrogens is 534 g/mol. The molecule has 0 spiro atoms. The highest BCUT2D eigenvalue weighted by atomic mass is 35.5. The molecule has 2 aromatic rings. The lowest BCUT2D eigenvalue weighted by Gasteiger charge is -2.35. The van der Waals surface area contributed by atoms with E-state index in [2.05, 4.69) is 4.74 Å². The van der Waals surface area contributed by atoms with Crippen molar-refractivity contribution >= 4 is 29.4 Å². The molecule has 1 N–H and O–H groups in total. The van der Waals surface area contributed by atoms with Gasteiger partial charge in [0.25, 0.3) is 5.91 Å². The standard InChI is InChI=1S/C25H26ClF4N3O5/c1-37-22(35)17-4-2-16(3-5-17)15-38-20-7-6-19(26)12-18(20)14-32-8-10-33(11-9-32)21(34)13-31-24(36)25(29,30)23(27)28/h2-7,12,23H,8-11,13-15H2,1H3,(H,31,36). The number of nitrogens with zero attached hydrogens (tertiary/aromatic N) is 2. The minimum atomic E-state index is -4.86. The van der Waals surface area contributed by atoms with Crippen LogP contribution in [0.5, 0.6) is 5.75 Å². The summed E-state index contributed by atoms with van der Waals surface area (Å²) in [5.74, 6) is -7.52. The average Bonchev–Trinajstić information content (AvgIpc) is 2.91. The van der Waals surface area contributed by atoms with Crippen molar-refractivity contribution in [2.75, 3.05) is 39.8 Å². The lowest BCUT2D eigenvalue weighted by molar-refractivity contribution is -0.170. The molecular formula is C25H26ClF4N3O5. The van der Waals surface area contributed by atoms with Crippen LogP contribution in [0, 0.1) is 0 Å². The van der Waals surface area contributed by atoms with E-state index in [1.54, 1.807) is 47.8 Å². The molecule has 2 amide bonds. The monoisotopic (exact) mass is 559 g/mol. The number of ether oxygens (including phenoxy) is 2. The van der Waals surface area contributed by atoms with E-state index in [9.17, 15) is 31.9 Å². The van der Waals surface area contributed by atoms with Gasteiger partial charge in [0.15, 0.2) is 0 Å². The third kappa shape index (κ3) is 7.57. The Kier molecular flexibility index (Phi) is 9.92. The van der Waals surface area contributed by atoms with Crippen LogP contribution < -0.4 is 10.1 Å². The second-order valence-corrected chi connectivity index (χ2v) is 8.93. The van der Waals surface area contributed by atoms with Crippen LogP contribution in [0.2, 0.25) is 5.02 Å². The van der Waals surface area contributed by atoms with E-state index in [4.69, 9.17) is 16.3 Å². The smallest absolute Gasteiger partial charge is 0.383 e. The van der Waals surface area contributed by atoms with Gasteiger partial charge in [-0.05, 0) is 35.9 Å². The molecule has 0 unspecified atom stereocenters. The van der Waals surface area contributed by atoms with Gasteiger partial charge in [-0.15, -0.1) is 0 Å². The fraction of sp³-hybridized carbons (Fsp3) is 0.400. The van der Waals surface area contributed by atoms with Gasteiger partial charge in [0, 0.05) is 43.3 Å². The fourth-order valence-electron chi connectivity index (χ4n) is 3.71. The van der Waals surface area contributed by atoms with E-state index >= 15 is 0 Å². The molecule has 0 aliphatic carbocycles. The Morgan fingerprint density at radius 1 is 1.05 bits per heavy atom. The number of esters is 1. The van der Waals surface area contributed by atoms with Crippen molar-refractivity contribution in [2.45, 2.75) is 25.5 Å². The zero-order valence-corrected chi connectivity index (χ0v) is 21.1. The summed E-state index contributed by atoms with van der Waals surface area (Å²) in [5.41, 5.74) is 2.07. The summed E-state index contributed by atoms with van der Waals surface area (Å²) in [7, 11) is 1.31. The maximum absolute atomic E-state index is 13.0. The molecule has 1 heterocycles. The molecule has 0 aromatic heterocycles. The average molecular weight is 560 g/mol. The molecule has 0 bridgehead atoms. The van der Waals surface area contributed by atoms with Crippen molar-refractivity contribution < 1.29 is 41.4 Å². The number of piperazine rings is 1. The number of benzene rings is 2. The number of alkyl halides is 4. The van der Waals surface area contributed by atoms with Crippen LogP contribution in [0.25, 0.3) is 0 Å². The molecule has 13 heteroatoms. The molecule has 2 aromatic carbocycles. The van der Waals surface area contributed by atoms with Gasteiger partial charge in [0.1, 0.15) is 12.4 Å². The van der Waals surface area contributed by atoms with Gasteiger partial charge in [-0.3, -0.25) is 14.5 Å². The normalized spacial score (nSPS) is 14.3. The minimum Gasteiger partial charge on any atom is -0.489 e. The number of hydrogen-bond donors (Lipinski definition) is 1. The summed E-state index contributed by atoms with van der Waals surface area (Å²) in [4.78, 5) is 38.5. The van der Waals surface area contributed by atoms with Gasteiger partial charge >= 0.3 is 18.3 Å². The summed E-state index contributed by atoms with van der Waals surface area (Å²) in [5, 5.41) is 2.09. The van der Waals surface area contributed by atoms with Crippen molar-refractivity contribution in [3.8, 4) is 5.75 Å². The van der Waals surface area contributed by atoms with E-state index in [1.807, 2.05) is 4.90 Å². The number of methoxy groups -OCH3 is 1. The fourth-order valence-corrected chi connectivity index (χ4v) is 3.90. The van der Waals surface area contributed by atoms with Gasteiger partial charge in [-0.25, -0.2) is 13.6 Å². The van der Waals surface area contributed by atoms with E-state index in [1.165, 1.54) is 12.0 Å². The lowest BCUT2D eigenvalue weighted by atomic mass is 10.1. The molecule has 0 saturated carbocycles. The second-order valence-electron chi connectivity index (χ2n) is 8.49. The number of hydrogen-bond acceptors (Lipinski definition) is 6. The highest BCUT2D eigenvalue weighted by molar-refractivity contribution is 6.30. The Bertz CT molecular complexity index is 1140. The van der Waals surface area contributed by atoms with Crippen LogP contribution in [-0.2, 0) is 27.5 Å². The zero-order valence-electron chi connectivity index (χ0n) is 20.4. The first-order chi connectivity index (χ1) is 18.0. The van der Waals surface area contributed by atoms with E-state index in [0.29, 0.717) is 36.0 Å². The number of amides is 2. The SMILES string of the molecule is COC(=O)c1ccc(COc2ccc(Cl)cc2CN2CCN(C(=O)CNC(=O)C(F)(F)C(F)F)CC2)cc1. The first-order valence-electron chi connectivity index (χ1n) is 11.5. The maximum atomic E-state index is 13.0. The van der Waals surface area contributed by atoms with Crippen LogP contribution in [0.15, 0.2) is 42.5 Å². The highest BCUT2D eigenvalue weighted by Crippen LogP contribution is 2.26. The van der Waals surface area contributed by atoms with E-state index in [-0.39, 0.29) is 19.7 Å². The Morgan fingerprint density at radius 3 is 2.32 bits per heavy atom. The first kappa shape index (κ1) is 29.2. The number of carbonyl (C=O) groups is 3. The summed E-state index contributed by atoms with van der Waals surface area (Å²) in [6.07, 6.45) is -4.16. The largest absolute Gasteiger partial charge is 0.489 e. The highest BCUT2D eigenvalue weighted by Gasteiger charge is 2.49. The summed E-state index contributed by atoms with van der Waals surface area (Å²) >= 11 is 6.18. The predicted molar refractivity (Wildman–Crippen MR) is 129 cm³/mol. The number of carbonyl (C=O) groups excluding carboxylic acids is 3. The Balaban J connectivity index is 1.52. The van der Waals surface area contributed by atoms with Crippen molar-refractivity contribution in [1.29, 1.82) is 0 Å². The van der Waals surface area contributed by atoms with Crippen LogP contribution in [0.1, 0.15) is 21.5 Å². The second kappa shape index (κ2) is 12.9. The number of nitrogens with one attached hydrogen (secondary N) is 1. The third-order valence-electron chi connectivity index (χ3n) is 5.89. The van der Waals surface area contributed by atoms with Crippen molar-refractivity contribution in [3.63, 3.8) is 0 Å². The van der Waals surface area contributed by atoms with Crippen molar-refractivity contribution in [1.82, 2.24) is 15.1 Å². The molecule has 206 valence electrons. The summed E-state index contributed by atoms with van der Waals surface area (Å²) in [6.45, 7) is 1.29. The Morgan fingerprint density at radius 2 is 1.71 bits per heavy atom. The van der Waals surface area contributed by atoms with Gasteiger partial charge in [-0.1, -0.05) is 23.7 Å². The minimum absolute atomic E-state index is 0.245.